The van der Waals surface area contributed by atoms with Crippen LogP contribution < -0.4 is 5.32 Å². The first kappa shape index (κ1) is 9.17. The molecule has 0 saturated heterocycles. The van der Waals surface area contributed by atoms with Crippen LogP contribution in [0.3, 0.4) is 0 Å². The fourth-order valence-electron chi connectivity index (χ4n) is 0.676. The summed E-state index contributed by atoms with van der Waals surface area (Å²) in [7, 11) is 1.64. The highest BCUT2D eigenvalue weighted by Crippen LogP contribution is 1.96. The van der Waals surface area contributed by atoms with Gasteiger partial charge in [-0.05, 0) is 19.9 Å². The molecule has 0 aliphatic carbocycles. The number of hydrogen-bond donors (Lipinski definition) is 2. The van der Waals surface area contributed by atoms with Crippen LogP contribution in [0.4, 0.5) is 0 Å². The predicted octanol–water partition coefficient (Wildman–Crippen LogP) is 0.625. The van der Waals surface area contributed by atoms with Crippen molar-refractivity contribution in [3.05, 3.63) is 12.7 Å². The number of aliphatic carboxylic acids is 1. The molecule has 3 heteroatoms. The molecule has 0 rings (SSSR count). The van der Waals surface area contributed by atoms with E-state index in [-0.39, 0.29) is 0 Å². The molecule has 0 amide bonds. The molecule has 2 N–H and O–H groups in total. The molecule has 0 aliphatic rings. The van der Waals surface area contributed by atoms with Crippen molar-refractivity contribution in [2.24, 2.45) is 0 Å². The van der Waals surface area contributed by atoms with E-state index in [1.165, 1.54) is 0 Å². The third kappa shape index (κ3) is 3.25. The minimum absolute atomic E-state index is 0.432. The van der Waals surface area contributed by atoms with Crippen molar-refractivity contribution >= 4 is 5.97 Å². The van der Waals surface area contributed by atoms with E-state index in [1.807, 2.05) is 0 Å². The number of allylic oxidation sites excluding steroid dienone is 1. The second-order valence-electron chi connectivity index (χ2n) is 2.05. The molecular formula is C7H13NO2. The van der Waals surface area contributed by atoms with Crippen molar-refractivity contribution in [2.45, 2.75) is 18.9 Å². The minimum atomic E-state index is -0.802. The van der Waals surface area contributed by atoms with Crippen LogP contribution in [0.15, 0.2) is 12.7 Å². The molecule has 0 spiro atoms. The Morgan fingerprint density at radius 1 is 1.90 bits per heavy atom. The fourth-order valence-corrected chi connectivity index (χ4v) is 0.676. The van der Waals surface area contributed by atoms with Crippen LogP contribution in [0.25, 0.3) is 0 Å². The Morgan fingerprint density at radius 2 is 2.50 bits per heavy atom. The van der Waals surface area contributed by atoms with Gasteiger partial charge < -0.3 is 10.4 Å². The lowest BCUT2D eigenvalue weighted by Gasteiger charge is -2.07. The van der Waals surface area contributed by atoms with Crippen molar-refractivity contribution in [3.63, 3.8) is 0 Å². The standard InChI is InChI=1S/C7H13NO2/c1-3-4-5-6(8-2)7(9)10/h3,6,8H,1,4-5H2,2H3,(H,9,10)/t6-/m0/s1. The number of nitrogens with one attached hydrogen (secondary N) is 1. The van der Waals surface area contributed by atoms with Crippen molar-refractivity contribution in [3.8, 4) is 0 Å². The summed E-state index contributed by atoms with van der Waals surface area (Å²) >= 11 is 0. The maximum atomic E-state index is 10.3. The zero-order valence-electron chi connectivity index (χ0n) is 6.13. The molecule has 0 unspecified atom stereocenters. The fraction of sp³-hybridized carbons (Fsp3) is 0.571. The maximum Gasteiger partial charge on any atom is 0.320 e. The van der Waals surface area contributed by atoms with Crippen LogP contribution in [0.1, 0.15) is 12.8 Å². The number of hydrogen-bond acceptors (Lipinski definition) is 2. The van der Waals surface area contributed by atoms with Crippen molar-refractivity contribution in [1.29, 1.82) is 0 Å². The van der Waals surface area contributed by atoms with Gasteiger partial charge in [-0.2, -0.15) is 0 Å². The summed E-state index contributed by atoms with van der Waals surface area (Å²) in [6.07, 6.45) is 3.06. The molecule has 3 nitrogen and oxygen atoms in total. The molecule has 10 heavy (non-hydrogen) atoms. The molecule has 0 bridgehead atoms. The Morgan fingerprint density at radius 3 is 2.80 bits per heavy atom. The van der Waals surface area contributed by atoms with E-state index >= 15 is 0 Å². The summed E-state index contributed by atoms with van der Waals surface area (Å²) in [6, 6.07) is -0.432. The van der Waals surface area contributed by atoms with Gasteiger partial charge in [0, 0.05) is 0 Å². The zero-order valence-corrected chi connectivity index (χ0v) is 6.13. The van der Waals surface area contributed by atoms with E-state index in [4.69, 9.17) is 5.11 Å². The average Bonchev–Trinajstić information content (AvgIpc) is 1.89. The predicted molar refractivity (Wildman–Crippen MR) is 39.9 cm³/mol. The highest BCUT2D eigenvalue weighted by Gasteiger charge is 2.12. The van der Waals surface area contributed by atoms with Crippen LogP contribution in [-0.4, -0.2) is 24.2 Å². The zero-order chi connectivity index (χ0) is 7.98. The van der Waals surface area contributed by atoms with E-state index in [9.17, 15) is 4.79 Å². The number of rotatable bonds is 5. The van der Waals surface area contributed by atoms with Gasteiger partial charge in [0.25, 0.3) is 0 Å². The third-order valence-electron chi connectivity index (χ3n) is 1.31. The van der Waals surface area contributed by atoms with Gasteiger partial charge in [-0.15, -0.1) is 6.58 Å². The summed E-state index contributed by atoms with van der Waals surface area (Å²) in [5, 5.41) is 11.2. The Kier molecular flexibility index (Phi) is 4.58. The number of carboxylic acid groups (broad SMARTS) is 1. The second kappa shape index (κ2) is 4.99. The van der Waals surface area contributed by atoms with Gasteiger partial charge in [-0.25, -0.2) is 0 Å². The highest BCUT2D eigenvalue weighted by molar-refractivity contribution is 5.73. The summed E-state index contributed by atoms with van der Waals surface area (Å²) < 4.78 is 0. The molecule has 1 atom stereocenters. The van der Waals surface area contributed by atoms with Gasteiger partial charge in [0.2, 0.25) is 0 Å². The van der Waals surface area contributed by atoms with Crippen LogP contribution in [0.5, 0.6) is 0 Å². The topological polar surface area (TPSA) is 49.3 Å². The molecule has 0 radical (unpaired) electrons. The van der Waals surface area contributed by atoms with E-state index < -0.39 is 12.0 Å². The summed E-state index contributed by atoms with van der Waals surface area (Å²) in [5.74, 6) is -0.802. The smallest absolute Gasteiger partial charge is 0.320 e. The Balaban J connectivity index is 3.60. The molecule has 0 fully saturated rings. The van der Waals surface area contributed by atoms with Gasteiger partial charge in [-0.1, -0.05) is 6.08 Å². The molecule has 0 heterocycles. The highest BCUT2D eigenvalue weighted by atomic mass is 16.4. The van der Waals surface area contributed by atoms with E-state index in [2.05, 4.69) is 11.9 Å². The summed E-state index contributed by atoms with van der Waals surface area (Å²) in [5.41, 5.74) is 0. The van der Waals surface area contributed by atoms with Crippen molar-refractivity contribution in [2.75, 3.05) is 7.05 Å². The average molecular weight is 143 g/mol. The van der Waals surface area contributed by atoms with Crippen LogP contribution in [0.2, 0.25) is 0 Å². The Bertz CT molecular complexity index is 123. The minimum Gasteiger partial charge on any atom is -0.480 e. The lowest BCUT2D eigenvalue weighted by atomic mass is 10.1. The van der Waals surface area contributed by atoms with Crippen molar-refractivity contribution in [1.82, 2.24) is 5.32 Å². The second-order valence-corrected chi connectivity index (χ2v) is 2.05. The number of carboxylic acids is 1. The molecule has 0 aromatic heterocycles. The van der Waals surface area contributed by atoms with Crippen LogP contribution in [0, 0.1) is 0 Å². The maximum absolute atomic E-state index is 10.3. The molecule has 0 aliphatic heterocycles. The van der Waals surface area contributed by atoms with Gasteiger partial charge in [0.15, 0.2) is 0 Å². The molecular weight excluding hydrogens is 130 g/mol. The monoisotopic (exact) mass is 143 g/mol. The first-order chi connectivity index (χ1) is 4.72. The third-order valence-corrected chi connectivity index (χ3v) is 1.31. The van der Waals surface area contributed by atoms with E-state index in [1.54, 1.807) is 13.1 Å². The summed E-state index contributed by atoms with van der Waals surface area (Å²) in [6.45, 7) is 3.51. The number of likely N-dealkylation sites (N-methyl/N-ethyl adjacent to an activating group) is 1. The lowest BCUT2D eigenvalue weighted by Crippen LogP contribution is -2.33. The Labute approximate surface area is 60.7 Å². The quantitative estimate of drug-likeness (QED) is 0.555. The lowest BCUT2D eigenvalue weighted by molar-refractivity contribution is -0.139. The first-order valence-corrected chi connectivity index (χ1v) is 3.23. The largest absolute Gasteiger partial charge is 0.480 e. The van der Waals surface area contributed by atoms with Gasteiger partial charge in [0.1, 0.15) is 6.04 Å². The molecule has 0 saturated carbocycles. The molecule has 58 valence electrons. The molecule has 0 aromatic carbocycles. The first-order valence-electron chi connectivity index (χ1n) is 3.23. The van der Waals surface area contributed by atoms with Crippen LogP contribution in [-0.2, 0) is 4.79 Å². The van der Waals surface area contributed by atoms with E-state index in [0.29, 0.717) is 6.42 Å². The summed E-state index contributed by atoms with van der Waals surface area (Å²) in [4.78, 5) is 10.3. The van der Waals surface area contributed by atoms with Gasteiger partial charge >= 0.3 is 5.97 Å². The van der Waals surface area contributed by atoms with Crippen molar-refractivity contribution < 1.29 is 9.90 Å². The number of carbonyl (C=O) groups is 1. The van der Waals surface area contributed by atoms with Crippen LogP contribution >= 0.6 is 0 Å². The van der Waals surface area contributed by atoms with Gasteiger partial charge in [-0.3, -0.25) is 4.79 Å². The SMILES string of the molecule is C=CCC[C@H](NC)C(=O)O. The Hall–Kier alpha value is -0.830. The van der Waals surface area contributed by atoms with E-state index in [0.717, 1.165) is 6.42 Å². The molecule has 0 aromatic rings. The van der Waals surface area contributed by atoms with Gasteiger partial charge in [0.05, 0.1) is 0 Å². The normalized spacial score (nSPS) is 12.5.